The Labute approximate surface area is 112 Å². The third kappa shape index (κ3) is 2.11. The van der Waals surface area contributed by atoms with Gasteiger partial charge in [0.15, 0.2) is 0 Å². The molecule has 102 valence electrons. The zero-order valence-corrected chi connectivity index (χ0v) is 10.2. The van der Waals surface area contributed by atoms with E-state index in [2.05, 4.69) is 4.98 Å². The Kier molecular flexibility index (Phi) is 2.71. The number of hydrogen-bond acceptors (Lipinski definition) is 1. The van der Waals surface area contributed by atoms with Crippen LogP contribution >= 0.6 is 0 Å². The lowest BCUT2D eigenvalue weighted by Crippen LogP contribution is -2.04. The molecule has 0 fully saturated rings. The molecule has 20 heavy (non-hydrogen) atoms. The Morgan fingerprint density at radius 1 is 0.950 bits per heavy atom. The molecular weight excluding hydrogens is 267 g/mol. The first-order chi connectivity index (χ1) is 9.45. The van der Waals surface area contributed by atoms with Crippen LogP contribution in [0.2, 0.25) is 0 Å². The molecule has 0 bridgehead atoms. The van der Waals surface area contributed by atoms with Crippen LogP contribution in [0.15, 0.2) is 48.7 Å². The molecule has 0 atom stereocenters. The van der Waals surface area contributed by atoms with Crippen LogP contribution in [0.3, 0.4) is 0 Å². The number of hydrogen-bond donors (Lipinski definition) is 2. The molecule has 2 N–H and O–H groups in total. The zero-order valence-electron chi connectivity index (χ0n) is 10.2. The van der Waals surface area contributed by atoms with Crippen molar-refractivity contribution in [2.45, 2.75) is 6.18 Å². The minimum absolute atomic E-state index is 0.0381. The van der Waals surface area contributed by atoms with Gasteiger partial charge in [0.2, 0.25) is 0 Å². The monoisotopic (exact) mass is 277 g/mol. The van der Waals surface area contributed by atoms with Gasteiger partial charge in [0.05, 0.1) is 5.56 Å². The number of halogens is 3. The number of rotatable bonds is 1. The summed E-state index contributed by atoms with van der Waals surface area (Å²) in [4.78, 5) is 2.93. The Morgan fingerprint density at radius 3 is 2.50 bits per heavy atom. The van der Waals surface area contributed by atoms with E-state index < -0.39 is 11.7 Å². The fraction of sp³-hybridized carbons (Fsp3) is 0.0667. The number of aromatic amines is 1. The van der Waals surface area contributed by atoms with E-state index in [0.717, 1.165) is 12.1 Å². The lowest BCUT2D eigenvalue weighted by atomic mass is 10.0. The summed E-state index contributed by atoms with van der Waals surface area (Å²) in [5.41, 5.74) is 0.911. The number of phenolic OH excluding ortho intramolecular Hbond substituents is 1. The zero-order chi connectivity index (χ0) is 14.3. The molecule has 0 radical (unpaired) electrons. The van der Waals surface area contributed by atoms with E-state index in [1.807, 2.05) is 0 Å². The van der Waals surface area contributed by atoms with Crippen LogP contribution in [0.5, 0.6) is 5.75 Å². The maximum absolute atomic E-state index is 12.7. The molecule has 0 unspecified atom stereocenters. The third-order valence-electron chi connectivity index (χ3n) is 3.17. The van der Waals surface area contributed by atoms with Crippen molar-refractivity contribution in [2.75, 3.05) is 0 Å². The number of nitrogens with one attached hydrogen (secondary N) is 1. The molecule has 0 aliphatic carbocycles. The number of phenols is 1. The van der Waals surface area contributed by atoms with Crippen LogP contribution < -0.4 is 0 Å². The van der Waals surface area contributed by atoms with Crippen molar-refractivity contribution in [2.24, 2.45) is 0 Å². The number of aromatic nitrogens is 1. The lowest BCUT2D eigenvalue weighted by Gasteiger charge is -2.09. The van der Waals surface area contributed by atoms with Crippen molar-refractivity contribution >= 4 is 10.9 Å². The molecule has 5 heteroatoms. The quantitative estimate of drug-likeness (QED) is 0.672. The third-order valence-corrected chi connectivity index (χ3v) is 3.17. The van der Waals surface area contributed by atoms with Crippen molar-refractivity contribution in [1.82, 2.24) is 4.98 Å². The highest BCUT2D eigenvalue weighted by Crippen LogP contribution is 2.35. The molecule has 2 nitrogen and oxygen atoms in total. The molecule has 0 aliphatic heterocycles. The van der Waals surface area contributed by atoms with Gasteiger partial charge >= 0.3 is 6.18 Å². The van der Waals surface area contributed by atoms with E-state index in [9.17, 15) is 18.3 Å². The number of alkyl halides is 3. The van der Waals surface area contributed by atoms with Crippen LogP contribution in [0.25, 0.3) is 22.0 Å². The summed E-state index contributed by atoms with van der Waals surface area (Å²) in [7, 11) is 0. The fourth-order valence-electron chi connectivity index (χ4n) is 2.19. The van der Waals surface area contributed by atoms with E-state index in [0.29, 0.717) is 22.0 Å². The lowest BCUT2D eigenvalue weighted by molar-refractivity contribution is -0.137. The largest absolute Gasteiger partial charge is 0.507 e. The number of benzene rings is 2. The summed E-state index contributed by atoms with van der Waals surface area (Å²) in [6, 6.07) is 9.92. The average Bonchev–Trinajstić information content (AvgIpc) is 2.87. The average molecular weight is 277 g/mol. The SMILES string of the molecule is Oc1cc(-c2cccc(C(F)(F)F)c2)cc2[nH]ccc12. The van der Waals surface area contributed by atoms with Crippen molar-refractivity contribution in [3.05, 3.63) is 54.2 Å². The van der Waals surface area contributed by atoms with Gasteiger partial charge in [-0.25, -0.2) is 0 Å². The van der Waals surface area contributed by atoms with E-state index in [-0.39, 0.29) is 5.75 Å². The topological polar surface area (TPSA) is 36.0 Å². The smallest absolute Gasteiger partial charge is 0.416 e. The molecule has 3 aromatic rings. The summed E-state index contributed by atoms with van der Waals surface area (Å²) in [6.07, 6.45) is -2.71. The van der Waals surface area contributed by atoms with Crippen LogP contribution in [0.4, 0.5) is 13.2 Å². The summed E-state index contributed by atoms with van der Waals surface area (Å²) in [5.74, 6) is 0.0381. The molecule has 0 spiro atoms. The number of H-pyrrole nitrogens is 1. The molecule has 0 saturated heterocycles. The van der Waals surface area contributed by atoms with Gasteiger partial charge in [-0.1, -0.05) is 12.1 Å². The van der Waals surface area contributed by atoms with Gasteiger partial charge in [0.25, 0.3) is 0 Å². The maximum atomic E-state index is 12.7. The van der Waals surface area contributed by atoms with Gasteiger partial charge in [-0.05, 0) is 41.5 Å². The first kappa shape index (κ1) is 12.6. The Balaban J connectivity index is 2.15. The van der Waals surface area contributed by atoms with Crippen LogP contribution in [0, 0.1) is 0 Å². The summed E-state index contributed by atoms with van der Waals surface area (Å²) in [5, 5.41) is 10.5. The number of aromatic hydroxyl groups is 1. The summed E-state index contributed by atoms with van der Waals surface area (Å²) in [6.45, 7) is 0. The highest BCUT2D eigenvalue weighted by molar-refractivity contribution is 5.90. The first-order valence-electron chi connectivity index (χ1n) is 5.93. The van der Waals surface area contributed by atoms with E-state index in [4.69, 9.17) is 0 Å². The fourth-order valence-corrected chi connectivity index (χ4v) is 2.19. The second-order valence-electron chi connectivity index (χ2n) is 4.51. The second-order valence-corrected chi connectivity index (χ2v) is 4.51. The van der Waals surface area contributed by atoms with Crippen molar-refractivity contribution in [3.8, 4) is 16.9 Å². The van der Waals surface area contributed by atoms with Crippen molar-refractivity contribution in [1.29, 1.82) is 0 Å². The van der Waals surface area contributed by atoms with Crippen molar-refractivity contribution in [3.63, 3.8) is 0 Å². The molecule has 2 aromatic carbocycles. The minimum Gasteiger partial charge on any atom is -0.507 e. The second kappa shape index (κ2) is 4.30. The van der Waals surface area contributed by atoms with Gasteiger partial charge in [-0.3, -0.25) is 0 Å². The van der Waals surface area contributed by atoms with Gasteiger partial charge in [0, 0.05) is 17.1 Å². The Morgan fingerprint density at radius 2 is 1.75 bits per heavy atom. The molecule has 1 heterocycles. The molecular formula is C15H10F3NO. The van der Waals surface area contributed by atoms with Gasteiger partial charge in [-0.15, -0.1) is 0 Å². The van der Waals surface area contributed by atoms with Crippen LogP contribution in [0.1, 0.15) is 5.56 Å². The highest BCUT2D eigenvalue weighted by atomic mass is 19.4. The molecule has 1 aromatic heterocycles. The van der Waals surface area contributed by atoms with Gasteiger partial charge in [0.1, 0.15) is 5.75 Å². The van der Waals surface area contributed by atoms with Crippen molar-refractivity contribution < 1.29 is 18.3 Å². The van der Waals surface area contributed by atoms with E-state index >= 15 is 0 Å². The van der Waals surface area contributed by atoms with Gasteiger partial charge in [-0.2, -0.15) is 13.2 Å². The highest BCUT2D eigenvalue weighted by Gasteiger charge is 2.30. The Hall–Kier alpha value is -2.43. The van der Waals surface area contributed by atoms with E-state index in [1.165, 1.54) is 12.1 Å². The normalized spacial score (nSPS) is 11.9. The summed E-state index contributed by atoms with van der Waals surface area (Å²) < 4.78 is 38.1. The molecule has 0 amide bonds. The summed E-state index contributed by atoms with van der Waals surface area (Å²) >= 11 is 0. The van der Waals surface area contributed by atoms with E-state index in [1.54, 1.807) is 24.4 Å². The van der Waals surface area contributed by atoms with Crippen LogP contribution in [-0.4, -0.2) is 10.1 Å². The molecule has 3 rings (SSSR count). The predicted molar refractivity (Wildman–Crippen MR) is 70.4 cm³/mol. The minimum atomic E-state index is -4.38. The standard InChI is InChI=1S/C15H10F3NO/c16-15(17,18)11-3-1-2-9(6-11)10-7-13-12(4-5-19-13)14(20)8-10/h1-8,19-20H. The Bertz CT molecular complexity index is 774. The number of fused-ring (bicyclic) bond motifs is 1. The predicted octanol–water partition coefficient (Wildman–Crippen LogP) is 4.56. The maximum Gasteiger partial charge on any atom is 0.416 e. The first-order valence-corrected chi connectivity index (χ1v) is 5.93. The van der Waals surface area contributed by atoms with Crippen LogP contribution in [-0.2, 0) is 6.18 Å². The molecule has 0 saturated carbocycles. The molecule has 0 aliphatic rings. The van der Waals surface area contributed by atoms with Gasteiger partial charge < -0.3 is 10.1 Å².